The van der Waals surface area contributed by atoms with Crippen molar-refractivity contribution < 1.29 is 4.74 Å². The van der Waals surface area contributed by atoms with Gasteiger partial charge in [0.1, 0.15) is 5.75 Å². The second kappa shape index (κ2) is 4.69. The zero-order valence-corrected chi connectivity index (χ0v) is 11.1. The molecular formula is C15H23NO. The highest BCUT2D eigenvalue weighted by molar-refractivity contribution is 5.41. The van der Waals surface area contributed by atoms with Crippen LogP contribution >= 0.6 is 0 Å². The third-order valence-electron chi connectivity index (χ3n) is 4.14. The van der Waals surface area contributed by atoms with Crippen molar-refractivity contribution in [3.63, 3.8) is 0 Å². The van der Waals surface area contributed by atoms with Gasteiger partial charge in [0.15, 0.2) is 0 Å². The van der Waals surface area contributed by atoms with Gasteiger partial charge in [-0.05, 0) is 42.0 Å². The molecule has 0 atom stereocenters. The summed E-state index contributed by atoms with van der Waals surface area (Å²) in [5.74, 6) is 1.49. The van der Waals surface area contributed by atoms with Crippen molar-refractivity contribution in [3.05, 3.63) is 29.3 Å². The molecule has 0 saturated heterocycles. The van der Waals surface area contributed by atoms with Gasteiger partial charge in [-0.1, -0.05) is 26.3 Å². The third kappa shape index (κ3) is 2.19. The van der Waals surface area contributed by atoms with E-state index >= 15 is 0 Å². The normalized spacial score (nSPS) is 17.9. The first kappa shape index (κ1) is 12.4. The van der Waals surface area contributed by atoms with Crippen LogP contribution < -0.4 is 10.5 Å². The molecule has 2 N–H and O–H groups in total. The molecule has 2 rings (SSSR count). The van der Waals surface area contributed by atoms with Gasteiger partial charge in [-0.3, -0.25) is 0 Å². The Morgan fingerprint density at radius 3 is 2.41 bits per heavy atom. The lowest BCUT2D eigenvalue weighted by Gasteiger charge is -2.42. The van der Waals surface area contributed by atoms with Crippen molar-refractivity contribution in [1.82, 2.24) is 0 Å². The number of hydrogen-bond donors (Lipinski definition) is 1. The molecule has 2 heteroatoms. The molecule has 0 spiro atoms. The summed E-state index contributed by atoms with van der Waals surface area (Å²) >= 11 is 0. The third-order valence-corrected chi connectivity index (χ3v) is 4.14. The van der Waals surface area contributed by atoms with Crippen molar-refractivity contribution in [1.29, 1.82) is 0 Å². The lowest BCUT2D eigenvalue weighted by Crippen LogP contribution is -2.41. The Balaban J connectivity index is 2.42. The van der Waals surface area contributed by atoms with E-state index in [0.717, 1.165) is 12.3 Å². The Bertz CT molecular complexity index is 388. The van der Waals surface area contributed by atoms with Crippen molar-refractivity contribution >= 4 is 0 Å². The minimum Gasteiger partial charge on any atom is -0.497 e. The Morgan fingerprint density at radius 2 is 2.00 bits per heavy atom. The van der Waals surface area contributed by atoms with Gasteiger partial charge in [-0.2, -0.15) is 0 Å². The van der Waals surface area contributed by atoms with Crippen molar-refractivity contribution in [3.8, 4) is 5.75 Å². The standard InChI is InChI=1S/C15H23NO/c1-11(2)12-7-13(9-14(8-12)17-3)15(10-16)5-4-6-15/h7-9,11H,4-6,10,16H2,1-3H3. The molecule has 94 valence electrons. The van der Waals surface area contributed by atoms with Gasteiger partial charge in [-0.15, -0.1) is 0 Å². The van der Waals surface area contributed by atoms with Crippen LogP contribution in [0.5, 0.6) is 5.75 Å². The molecule has 0 heterocycles. The lowest BCUT2D eigenvalue weighted by molar-refractivity contribution is 0.252. The molecule has 1 aliphatic rings. The smallest absolute Gasteiger partial charge is 0.119 e. The van der Waals surface area contributed by atoms with Crippen LogP contribution in [0.2, 0.25) is 0 Å². The summed E-state index contributed by atoms with van der Waals surface area (Å²) in [6.07, 6.45) is 3.73. The molecule has 1 aromatic rings. The van der Waals surface area contributed by atoms with Crippen LogP contribution in [0.25, 0.3) is 0 Å². The molecular weight excluding hydrogens is 210 g/mol. The number of hydrogen-bond acceptors (Lipinski definition) is 2. The van der Waals surface area contributed by atoms with Crippen molar-refractivity contribution in [2.45, 2.75) is 44.4 Å². The number of methoxy groups -OCH3 is 1. The van der Waals surface area contributed by atoms with Crippen molar-refractivity contribution in [2.24, 2.45) is 5.73 Å². The maximum atomic E-state index is 5.98. The monoisotopic (exact) mass is 233 g/mol. The van der Waals surface area contributed by atoms with Crippen molar-refractivity contribution in [2.75, 3.05) is 13.7 Å². The fraction of sp³-hybridized carbons (Fsp3) is 0.600. The highest BCUT2D eigenvalue weighted by Gasteiger charge is 2.37. The molecule has 1 saturated carbocycles. The van der Waals surface area contributed by atoms with E-state index in [0.29, 0.717) is 5.92 Å². The SMILES string of the molecule is COc1cc(C(C)C)cc(C2(CN)CCC2)c1. The average Bonchev–Trinajstić information content (AvgIpc) is 2.28. The Hall–Kier alpha value is -1.02. The van der Waals surface area contributed by atoms with E-state index < -0.39 is 0 Å². The van der Waals surface area contributed by atoms with Gasteiger partial charge in [0, 0.05) is 12.0 Å². The summed E-state index contributed by atoms with van der Waals surface area (Å²) in [5.41, 5.74) is 8.91. The molecule has 2 nitrogen and oxygen atoms in total. The lowest BCUT2D eigenvalue weighted by atomic mass is 9.64. The Morgan fingerprint density at radius 1 is 1.29 bits per heavy atom. The molecule has 0 bridgehead atoms. The van der Waals surface area contributed by atoms with E-state index in [2.05, 4.69) is 32.0 Å². The fourth-order valence-corrected chi connectivity index (χ4v) is 2.59. The molecule has 0 unspecified atom stereocenters. The molecule has 0 radical (unpaired) electrons. The van der Waals surface area contributed by atoms with Gasteiger partial charge < -0.3 is 10.5 Å². The zero-order valence-electron chi connectivity index (χ0n) is 11.1. The minimum atomic E-state index is 0.220. The van der Waals surface area contributed by atoms with E-state index in [1.807, 2.05) is 0 Å². The van der Waals surface area contributed by atoms with Crippen LogP contribution in [-0.4, -0.2) is 13.7 Å². The number of rotatable bonds is 4. The number of nitrogens with two attached hydrogens (primary N) is 1. The quantitative estimate of drug-likeness (QED) is 0.866. The average molecular weight is 233 g/mol. The molecule has 1 aromatic carbocycles. The molecule has 0 amide bonds. The van der Waals surface area contributed by atoms with Crippen LogP contribution in [0.15, 0.2) is 18.2 Å². The first-order valence-electron chi connectivity index (χ1n) is 6.51. The van der Waals surface area contributed by atoms with Crippen LogP contribution in [0.1, 0.15) is 50.2 Å². The minimum absolute atomic E-state index is 0.220. The summed E-state index contributed by atoms with van der Waals surface area (Å²) < 4.78 is 5.41. The summed E-state index contributed by atoms with van der Waals surface area (Å²) in [6.45, 7) is 5.18. The molecule has 0 aromatic heterocycles. The van der Waals surface area contributed by atoms with Gasteiger partial charge in [0.2, 0.25) is 0 Å². The second-order valence-corrected chi connectivity index (χ2v) is 5.49. The van der Waals surface area contributed by atoms with E-state index in [1.54, 1.807) is 7.11 Å². The molecule has 1 fully saturated rings. The summed E-state index contributed by atoms with van der Waals surface area (Å²) in [6, 6.07) is 6.62. The van der Waals surface area contributed by atoms with Gasteiger partial charge in [0.05, 0.1) is 7.11 Å². The highest BCUT2D eigenvalue weighted by Crippen LogP contribution is 2.44. The second-order valence-electron chi connectivity index (χ2n) is 5.49. The first-order chi connectivity index (χ1) is 8.11. The number of ether oxygens (including phenoxy) is 1. The summed E-state index contributed by atoms with van der Waals surface area (Å²) in [5, 5.41) is 0. The van der Waals surface area contributed by atoms with Crippen LogP contribution in [0.3, 0.4) is 0 Å². The maximum Gasteiger partial charge on any atom is 0.119 e. The van der Waals surface area contributed by atoms with Gasteiger partial charge in [-0.25, -0.2) is 0 Å². The molecule has 17 heavy (non-hydrogen) atoms. The summed E-state index contributed by atoms with van der Waals surface area (Å²) in [7, 11) is 1.74. The zero-order chi connectivity index (χ0) is 12.5. The van der Waals surface area contributed by atoms with E-state index in [-0.39, 0.29) is 5.41 Å². The highest BCUT2D eigenvalue weighted by atomic mass is 16.5. The molecule has 0 aliphatic heterocycles. The van der Waals surface area contributed by atoms with E-state index in [1.165, 1.54) is 30.4 Å². The maximum absolute atomic E-state index is 5.98. The predicted octanol–water partition coefficient (Wildman–Crippen LogP) is 3.20. The first-order valence-corrected chi connectivity index (χ1v) is 6.51. The van der Waals surface area contributed by atoms with Crippen LogP contribution in [0.4, 0.5) is 0 Å². The van der Waals surface area contributed by atoms with Gasteiger partial charge >= 0.3 is 0 Å². The van der Waals surface area contributed by atoms with Crippen LogP contribution in [-0.2, 0) is 5.41 Å². The Labute approximate surface area is 104 Å². The Kier molecular flexibility index (Phi) is 3.43. The largest absolute Gasteiger partial charge is 0.497 e. The predicted molar refractivity (Wildman–Crippen MR) is 71.7 cm³/mol. The summed E-state index contributed by atoms with van der Waals surface area (Å²) in [4.78, 5) is 0. The topological polar surface area (TPSA) is 35.2 Å². The van der Waals surface area contributed by atoms with E-state index in [9.17, 15) is 0 Å². The fourth-order valence-electron chi connectivity index (χ4n) is 2.59. The molecule has 1 aliphatic carbocycles. The van der Waals surface area contributed by atoms with E-state index in [4.69, 9.17) is 10.5 Å². The van der Waals surface area contributed by atoms with Crippen LogP contribution in [0, 0.1) is 0 Å². The number of benzene rings is 1. The van der Waals surface area contributed by atoms with Gasteiger partial charge in [0.25, 0.3) is 0 Å².